The number of nitrogens with zero attached hydrogens (tertiary/aromatic N) is 4. The summed E-state index contributed by atoms with van der Waals surface area (Å²) in [6, 6.07) is 8.81. The summed E-state index contributed by atoms with van der Waals surface area (Å²) in [4.78, 5) is 0. The minimum Gasteiger partial charge on any atom is -0.385 e. The molecule has 3 rings (SSSR count). The fraction of sp³-hybridized carbons (Fsp3) is 0.625. The Labute approximate surface area is 229 Å². The molecule has 200 valence electrons. The summed E-state index contributed by atoms with van der Waals surface area (Å²) in [6.45, 7) is 16.4. The second-order valence-corrected chi connectivity index (χ2v) is 14.1. The molecular formula is C32H42N6. The lowest BCUT2D eigenvalue weighted by Crippen LogP contribution is -2.48. The maximum Gasteiger partial charge on any atom is 0.154 e. The molecule has 3 aliphatic rings. The molecule has 38 heavy (non-hydrogen) atoms. The molecule has 0 spiro atoms. The topological polar surface area (TPSA) is 119 Å². The van der Waals surface area contributed by atoms with E-state index in [1.807, 2.05) is 12.2 Å². The molecule has 6 nitrogen and oxygen atoms in total. The van der Waals surface area contributed by atoms with Gasteiger partial charge in [-0.15, -0.1) is 0 Å². The van der Waals surface area contributed by atoms with E-state index in [9.17, 15) is 21.0 Å². The van der Waals surface area contributed by atoms with Crippen LogP contribution in [0.15, 0.2) is 46.8 Å². The van der Waals surface area contributed by atoms with E-state index < -0.39 is 11.8 Å². The Morgan fingerprint density at radius 3 is 1.74 bits per heavy atom. The Morgan fingerprint density at radius 2 is 1.24 bits per heavy atom. The van der Waals surface area contributed by atoms with Crippen LogP contribution < -0.4 is 10.6 Å². The highest BCUT2D eigenvalue weighted by molar-refractivity contribution is 5.38. The molecule has 0 aromatic rings. The van der Waals surface area contributed by atoms with Crippen LogP contribution >= 0.6 is 0 Å². The van der Waals surface area contributed by atoms with E-state index in [1.165, 1.54) is 0 Å². The molecule has 0 saturated heterocycles. The van der Waals surface area contributed by atoms with Gasteiger partial charge in [0.15, 0.2) is 11.8 Å². The number of nitrogens with one attached hydrogen (secondary N) is 2. The molecule has 0 heterocycles. The fourth-order valence-electron chi connectivity index (χ4n) is 6.95. The van der Waals surface area contributed by atoms with E-state index in [4.69, 9.17) is 0 Å². The van der Waals surface area contributed by atoms with E-state index in [-0.39, 0.29) is 27.7 Å². The molecule has 0 amide bonds. The molecular weight excluding hydrogens is 468 g/mol. The zero-order chi connectivity index (χ0) is 28.4. The molecule has 1 saturated carbocycles. The lowest BCUT2D eigenvalue weighted by Gasteiger charge is -2.48. The smallest absolute Gasteiger partial charge is 0.154 e. The highest BCUT2D eigenvalue weighted by atomic mass is 15.0. The Bertz CT molecular complexity index is 1200. The molecule has 0 bridgehead atoms. The lowest BCUT2D eigenvalue weighted by atomic mass is 9.62. The van der Waals surface area contributed by atoms with Gasteiger partial charge in [-0.25, -0.2) is 0 Å². The van der Waals surface area contributed by atoms with Gasteiger partial charge in [-0.1, -0.05) is 60.6 Å². The summed E-state index contributed by atoms with van der Waals surface area (Å²) in [5, 5.41) is 45.3. The van der Waals surface area contributed by atoms with Crippen LogP contribution in [0, 0.1) is 78.8 Å². The van der Waals surface area contributed by atoms with Crippen molar-refractivity contribution in [2.45, 2.75) is 86.6 Å². The zero-order valence-electron chi connectivity index (χ0n) is 24.1. The van der Waals surface area contributed by atoms with Crippen LogP contribution in [0.5, 0.6) is 0 Å². The van der Waals surface area contributed by atoms with Crippen molar-refractivity contribution in [2.75, 3.05) is 6.54 Å². The molecule has 0 aromatic heterocycles. The van der Waals surface area contributed by atoms with Gasteiger partial charge in [0, 0.05) is 24.0 Å². The number of nitriles is 4. The number of rotatable bonds is 7. The van der Waals surface area contributed by atoms with Crippen molar-refractivity contribution in [1.82, 2.24) is 10.6 Å². The predicted octanol–water partition coefficient (Wildman–Crippen LogP) is 6.56. The van der Waals surface area contributed by atoms with Gasteiger partial charge in [-0.3, -0.25) is 0 Å². The van der Waals surface area contributed by atoms with Crippen molar-refractivity contribution >= 4 is 0 Å². The third-order valence-electron chi connectivity index (χ3n) is 7.89. The first-order valence-electron chi connectivity index (χ1n) is 13.6. The molecule has 2 atom stereocenters. The minimum absolute atomic E-state index is 0.0266. The summed E-state index contributed by atoms with van der Waals surface area (Å²) in [7, 11) is 0. The van der Waals surface area contributed by atoms with Crippen molar-refractivity contribution in [3.05, 3.63) is 46.8 Å². The monoisotopic (exact) mass is 510 g/mol. The number of allylic oxidation sites excluding steroid dienone is 6. The third kappa shape index (κ3) is 7.30. The molecule has 0 aliphatic heterocycles. The first kappa shape index (κ1) is 29.1. The molecule has 1 fully saturated rings. The molecule has 2 unspecified atom stereocenters. The van der Waals surface area contributed by atoms with E-state index in [0.717, 1.165) is 48.3 Å². The standard InChI is InChI=1S/C32H42N6/c1-29(2)10-22(24(16-33)17-34)8-26(12-29)37-21-32(7)15-28(14-31(5,6)20-32)38-27-9-23(25(18-35)19-36)11-30(3,4)13-27/h8-9,12-13,24-25,28,37-38H,10-11,14-15,20-21H2,1-7H3. The van der Waals surface area contributed by atoms with Crippen LogP contribution in [-0.4, -0.2) is 12.6 Å². The van der Waals surface area contributed by atoms with Crippen LogP contribution in [0.4, 0.5) is 0 Å². The normalized spacial score (nSPS) is 27.3. The first-order valence-corrected chi connectivity index (χ1v) is 13.6. The summed E-state index contributed by atoms with van der Waals surface area (Å²) in [6.07, 6.45) is 13.0. The van der Waals surface area contributed by atoms with Crippen LogP contribution in [0.3, 0.4) is 0 Å². The van der Waals surface area contributed by atoms with E-state index in [2.05, 4.69) is 95.5 Å². The van der Waals surface area contributed by atoms with Gasteiger partial charge < -0.3 is 10.6 Å². The minimum atomic E-state index is -0.718. The van der Waals surface area contributed by atoms with Crippen molar-refractivity contribution in [3.8, 4) is 24.3 Å². The summed E-state index contributed by atoms with van der Waals surface area (Å²) in [5.74, 6) is -1.44. The number of hydrogen-bond donors (Lipinski definition) is 2. The van der Waals surface area contributed by atoms with Crippen LogP contribution in [0.1, 0.15) is 80.6 Å². The quantitative estimate of drug-likeness (QED) is 0.400. The maximum atomic E-state index is 9.47. The molecule has 3 aliphatic carbocycles. The van der Waals surface area contributed by atoms with Crippen molar-refractivity contribution in [1.29, 1.82) is 21.0 Å². The highest BCUT2D eigenvalue weighted by Gasteiger charge is 2.42. The average Bonchev–Trinajstić information content (AvgIpc) is 2.76. The van der Waals surface area contributed by atoms with E-state index in [1.54, 1.807) is 0 Å². The molecule has 2 N–H and O–H groups in total. The second-order valence-electron chi connectivity index (χ2n) is 14.1. The predicted molar refractivity (Wildman–Crippen MR) is 149 cm³/mol. The van der Waals surface area contributed by atoms with Gasteiger partial charge in [-0.05, 0) is 77.1 Å². The molecule has 0 radical (unpaired) electrons. The fourth-order valence-corrected chi connectivity index (χ4v) is 6.95. The zero-order valence-corrected chi connectivity index (χ0v) is 24.1. The maximum absolute atomic E-state index is 9.47. The van der Waals surface area contributed by atoms with Gasteiger partial charge in [0.25, 0.3) is 0 Å². The average molecular weight is 511 g/mol. The van der Waals surface area contributed by atoms with E-state index in [0.29, 0.717) is 12.8 Å². The second kappa shape index (κ2) is 10.7. The van der Waals surface area contributed by atoms with Crippen molar-refractivity contribution < 1.29 is 0 Å². The molecule has 6 heteroatoms. The first-order chi connectivity index (χ1) is 17.6. The van der Waals surface area contributed by atoms with E-state index >= 15 is 0 Å². The Morgan fingerprint density at radius 1 is 0.763 bits per heavy atom. The summed E-state index contributed by atoms with van der Waals surface area (Å²) >= 11 is 0. The van der Waals surface area contributed by atoms with Gasteiger partial charge in [0.2, 0.25) is 0 Å². The van der Waals surface area contributed by atoms with Gasteiger partial charge >= 0.3 is 0 Å². The summed E-state index contributed by atoms with van der Waals surface area (Å²) in [5.41, 5.74) is 3.68. The van der Waals surface area contributed by atoms with Gasteiger partial charge in [-0.2, -0.15) is 21.0 Å². The van der Waals surface area contributed by atoms with Crippen molar-refractivity contribution in [3.63, 3.8) is 0 Å². The largest absolute Gasteiger partial charge is 0.385 e. The number of hydrogen-bond acceptors (Lipinski definition) is 6. The van der Waals surface area contributed by atoms with Crippen molar-refractivity contribution in [2.24, 2.45) is 33.5 Å². The molecule has 0 aromatic carbocycles. The van der Waals surface area contributed by atoms with Crippen LogP contribution in [0.2, 0.25) is 0 Å². The van der Waals surface area contributed by atoms with Crippen LogP contribution in [-0.2, 0) is 0 Å². The third-order valence-corrected chi connectivity index (χ3v) is 7.89. The summed E-state index contributed by atoms with van der Waals surface area (Å²) < 4.78 is 0. The van der Waals surface area contributed by atoms with Gasteiger partial charge in [0.05, 0.1) is 24.3 Å². The lowest BCUT2D eigenvalue weighted by molar-refractivity contribution is 0.0759. The Balaban J connectivity index is 1.79. The van der Waals surface area contributed by atoms with Gasteiger partial charge in [0.1, 0.15) is 0 Å². The Kier molecular flexibility index (Phi) is 8.20. The Hall–Kier alpha value is -3.48. The SMILES string of the molecule is CC1(C)C=C(NCC2(C)CC(NC3=CC(C)(C)CC(C(C#N)C#N)=C3)CC(C)(C)C2)C=C(C(C#N)C#N)C1. The van der Waals surface area contributed by atoms with Crippen LogP contribution in [0.25, 0.3) is 0 Å². The highest BCUT2D eigenvalue weighted by Crippen LogP contribution is 2.47.